The van der Waals surface area contributed by atoms with E-state index in [1.165, 1.54) is 32.1 Å². The molecule has 0 saturated heterocycles. The summed E-state index contributed by atoms with van der Waals surface area (Å²) in [6.45, 7) is 0.570. The molecule has 0 radical (unpaired) electrons. The van der Waals surface area contributed by atoms with Gasteiger partial charge in [-0.2, -0.15) is 0 Å². The van der Waals surface area contributed by atoms with Crippen LogP contribution >= 0.6 is 0 Å². The van der Waals surface area contributed by atoms with Crippen LogP contribution in [-0.2, 0) is 0 Å². The lowest BCUT2D eigenvalue weighted by atomic mass is 9.50. The van der Waals surface area contributed by atoms with E-state index >= 15 is 0 Å². The standard InChI is InChI=1S/C14H25N3O/c1-16-14(18)17-12(7-15)13-10-3-8-2-9(5-10)6-11(13)4-8/h8-13H,2-7,15H2,1H3,(H2,16,17,18). The summed E-state index contributed by atoms with van der Waals surface area (Å²) in [7, 11) is 1.67. The van der Waals surface area contributed by atoms with Gasteiger partial charge in [0.05, 0.1) is 0 Å². The van der Waals surface area contributed by atoms with E-state index in [2.05, 4.69) is 10.6 Å². The molecular weight excluding hydrogens is 226 g/mol. The van der Waals surface area contributed by atoms with Gasteiger partial charge in [0.15, 0.2) is 0 Å². The number of amides is 2. The van der Waals surface area contributed by atoms with Crippen molar-refractivity contribution in [2.45, 2.75) is 38.1 Å². The minimum absolute atomic E-state index is 0.0840. The molecule has 18 heavy (non-hydrogen) atoms. The van der Waals surface area contributed by atoms with Crippen LogP contribution in [0, 0.1) is 29.6 Å². The molecule has 1 atom stereocenters. The second-order valence-electron chi connectivity index (χ2n) is 6.57. The van der Waals surface area contributed by atoms with Gasteiger partial charge in [-0.15, -0.1) is 0 Å². The molecule has 0 aromatic rings. The average molecular weight is 251 g/mol. The van der Waals surface area contributed by atoms with Crippen molar-refractivity contribution in [2.24, 2.45) is 35.3 Å². The van der Waals surface area contributed by atoms with E-state index < -0.39 is 0 Å². The molecule has 0 aromatic carbocycles. The van der Waals surface area contributed by atoms with Crippen LogP contribution < -0.4 is 16.4 Å². The second-order valence-corrected chi connectivity index (χ2v) is 6.57. The highest BCUT2D eigenvalue weighted by Gasteiger charge is 2.50. The zero-order chi connectivity index (χ0) is 12.7. The molecule has 4 fully saturated rings. The fourth-order valence-electron chi connectivity index (χ4n) is 5.18. The average Bonchev–Trinajstić information content (AvgIpc) is 2.35. The normalized spacial score (nSPS) is 42.7. The van der Waals surface area contributed by atoms with E-state index in [0.29, 0.717) is 12.5 Å². The Hall–Kier alpha value is -0.770. The van der Waals surface area contributed by atoms with Crippen LogP contribution in [0.15, 0.2) is 0 Å². The van der Waals surface area contributed by atoms with Crippen LogP contribution in [0.1, 0.15) is 32.1 Å². The molecule has 0 heterocycles. The van der Waals surface area contributed by atoms with Crippen molar-refractivity contribution in [1.82, 2.24) is 10.6 Å². The molecule has 4 aliphatic rings. The van der Waals surface area contributed by atoms with Gasteiger partial charge in [-0.3, -0.25) is 0 Å². The van der Waals surface area contributed by atoms with Crippen molar-refractivity contribution in [1.29, 1.82) is 0 Å². The maximum Gasteiger partial charge on any atom is 0.314 e. The molecule has 4 rings (SSSR count). The van der Waals surface area contributed by atoms with Gasteiger partial charge < -0.3 is 16.4 Å². The van der Waals surface area contributed by atoms with Crippen molar-refractivity contribution in [3.05, 3.63) is 0 Å². The monoisotopic (exact) mass is 251 g/mol. The molecule has 0 spiro atoms. The Kier molecular flexibility index (Phi) is 3.22. The number of urea groups is 1. The largest absolute Gasteiger partial charge is 0.341 e. The zero-order valence-electron chi connectivity index (χ0n) is 11.2. The van der Waals surface area contributed by atoms with Gasteiger partial charge in [0.1, 0.15) is 0 Å². The smallest absolute Gasteiger partial charge is 0.314 e. The molecule has 102 valence electrons. The maximum absolute atomic E-state index is 11.5. The molecule has 4 nitrogen and oxygen atoms in total. The predicted octanol–water partition coefficient (Wildman–Crippen LogP) is 1.31. The molecule has 1 unspecified atom stereocenters. The van der Waals surface area contributed by atoms with Gasteiger partial charge in [-0.05, 0) is 61.7 Å². The second kappa shape index (κ2) is 4.72. The predicted molar refractivity (Wildman–Crippen MR) is 71.0 cm³/mol. The fourth-order valence-corrected chi connectivity index (χ4v) is 5.18. The van der Waals surface area contributed by atoms with Gasteiger partial charge in [0, 0.05) is 19.6 Å². The first-order chi connectivity index (χ1) is 8.71. The number of rotatable bonds is 3. The molecule has 4 bridgehead atoms. The van der Waals surface area contributed by atoms with Crippen molar-refractivity contribution < 1.29 is 4.79 Å². The molecule has 4 N–H and O–H groups in total. The number of nitrogens with one attached hydrogen (secondary N) is 2. The quantitative estimate of drug-likeness (QED) is 0.708. The lowest BCUT2D eigenvalue weighted by Crippen LogP contribution is -2.57. The summed E-state index contributed by atoms with van der Waals surface area (Å²) < 4.78 is 0. The highest BCUT2D eigenvalue weighted by molar-refractivity contribution is 5.73. The Morgan fingerprint density at radius 1 is 1.17 bits per heavy atom. The van der Waals surface area contributed by atoms with Gasteiger partial charge >= 0.3 is 6.03 Å². The fraction of sp³-hybridized carbons (Fsp3) is 0.929. The van der Waals surface area contributed by atoms with Gasteiger partial charge in [0.2, 0.25) is 0 Å². The minimum Gasteiger partial charge on any atom is -0.341 e. The Balaban J connectivity index is 1.72. The summed E-state index contributed by atoms with van der Waals surface area (Å²) in [4.78, 5) is 11.5. The van der Waals surface area contributed by atoms with Gasteiger partial charge in [-0.1, -0.05) is 0 Å². The number of carbonyl (C=O) groups excluding carboxylic acids is 1. The molecule has 0 aromatic heterocycles. The first kappa shape index (κ1) is 12.3. The third-order valence-corrected chi connectivity index (χ3v) is 5.56. The number of nitrogens with two attached hydrogens (primary N) is 1. The highest BCUT2D eigenvalue weighted by atomic mass is 16.2. The Morgan fingerprint density at radius 3 is 2.17 bits per heavy atom. The molecule has 4 aliphatic carbocycles. The Bertz CT molecular complexity index is 303. The summed E-state index contributed by atoms with van der Waals surface area (Å²) in [5.74, 6) is 4.20. The summed E-state index contributed by atoms with van der Waals surface area (Å²) in [6, 6.07) is 0.0826. The van der Waals surface area contributed by atoms with Crippen LogP contribution in [0.25, 0.3) is 0 Å². The molecular formula is C14H25N3O. The summed E-state index contributed by atoms with van der Waals surface area (Å²) >= 11 is 0. The SMILES string of the molecule is CNC(=O)NC(CN)C1C2CC3CC(C2)CC1C3. The van der Waals surface area contributed by atoms with Crippen LogP contribution in [-0.4, -0.2) is 25.7 Å². The molecule has 2 amide bonds. The summed E-state index contributed by atoms with van der Waals surface area (Å²) in [5, 5.41) is 5.72. The number of hydrogen-bond donors (Lipinski definition) is 3. The first-order valence-corrected chi connectivity index (χ1v) is 7.39. The van der Waals surface area contributed by atoms with E-state index in [0.717, 1.165) is 23.7 Å². The van der Waals surface area contributed by atoms with Crippen molar-refractivity contribution in [3.8, 4) is 0 Å². The maximum atomic E-state index is 11.5. The lowest BCUT2D eigenvalue weighted by Gasteiger charge is -2.56. The van der Waals surface area contributed by atoms with Crippen molar-refractivity contribution >= 4 is 6.03 Å². The van der Waals surface area contributed by atoms with E-state index in [1.807, 2.05) is 0 Å². The third-order valence-electron chi connectivity index (χ3n) is 5.56. The summed E-state index contributed by atoms with van der Waals surface area (Å²) in [5.41, 5.74) is 5.91. The Morgan fingerprint density at radius 2 is 1.72 bits per heavy atom. The van der Waals surface area contributed by atoms with Crippen LogP contribution in [0.2, 0.25) is 0 Å². The van der Waals surface area contributed by atoms with E-state index in [1.54, 1.807) is 7.05 Å². The zero-order valence-corrected chi connectivity index (χ0v) is 11.2. The van der Waals surface area contributed by atoms with E-state index in [-0.39, 0.29) is 12.1 Å². The number of hydrogen-bond acceptors (Lipinski definition) is 2. The third kappa shape index (κ3) is 2.00. The molecule has 0 aliphatic heterocycles. The van der Waals surface area contributed by atoms with Gasteiger partial charge in [-0.25, -0.2) is 4.79 Å². The van der Waals surface area contributed by atoms with E-state index in [4.69, 9.17) is 5.73 Å². The topological polar surface area (TPSA) is 67.2 Å². The van der Waals surface area contributed by atoms with Crippen LogP contribution in [0.3, 0.4) is 0 Å². The number of carbonyl (C=O) groups is 1. The lowest BCUT2D eigenvalue weighted by molar-refractivity contribution is -0.0487. The first-order valence-electron chi connectivity index (χ1n) is 7.39. The van der Waals surface area contributed by atoms with Crippen molar-refractivity contribution in [3.63, 3.8) is 0 Å². The molecule has 4 saturated carbocycles. The van der Waals surface area contributed by atoms with Gasteiger partial charge in [0.25, 0.3) is 0 Å². The van der Waals surface area contributed by atoms with Crippen molar-refractivity contribution in [2.75, 3.05) is 13.6 Å². The van der Waals surface area contributed by atoms with E-state index in [9.17, 15) is 4.79 Å². The van der Waals surface area contributed by atoms with Crippen LogP contribution in [0.4, 0.5) is 4.79 Å². The Labute approximate surface area is 109 Å². The minimum atomic E-state index is -0.0840. The highest BCUT2D eigenvalue weighted by Crippen LogP contribution is 2.57. The summed E-state index contributed by atoms with van der Waals surface area (Å²) in [6.07, 6.45) is 6.98. The molecule has 4 heteroatoms. The van der Waals surface area contributed by atoms with Crippen LogP contribution in [0.5, 0.6) is 0 Å².